The van der Waals surface area contributed by atoms with Crippen molar-refractivity contribution in [1.29, 1.82) is 0 Å². The Labute approximate surface area is 336 Å². The van der Waals surface area contributed by atoms with E-state index < -0.39 is 41.2 Å². The molecule has 3 saturated heterocycles. The van der Waals surface area contributed by atoms with E-state index in [-0.39, 0.29) is 84.7 Å². The third-order valence-electron chi connectivity index (χ3n) is 10.9. The summed E-state index contributed by atoms with van der Waals surface area (Å²) in [7, 11) is 2.72. The molecule has 0 saturated carbocycles. The summed E-state index contributed by atoms with van der Waals surface area (Å²) in [5, 5.41) is 16.7. The zero-order chi connectivity index (χ0) is 41.1. The highest BCUT2D eigenvalue weighted by Gasteiger charge is 2.53. The van der Waals surface area contributed by atoms with Crippen molar-refractivity contribution in [3.05, 3.63) is 64.7 Å². The van der Waals surface area contributed by atoms with Gasteiger partial charge in [0.25, 0.3) is 17.7 Å². The van der Waals surface area contributed by atoms with Crippen molar-refractivity contribution in [2.24, 2.45) is 0 Å². The molecule has 17 nitrogen and oxygen atoms in total. The van der Waals surface area contributed by atoms with E-state index in [0.717, 1.165) is 24.7 Å². The van der Waals surface area contributed by atoms with Crippen LogP contribution in [-0.4, -0.2) is 103 Å². The number of ether oxygens (including phenoxy) is 2. The van der Waals surface area contributed by atoms with Gasteiger partial charge in [0.05, 0.1) is 38.4 Å². The van der Waals surface area contributed by atoms with Crippen molar-refractivity contribution in [2.75, 3.05) is 33.1 Å². The lowest BCUT2D eigenvalue weighted by Crippen LogP contribution is -2.52. The molecule has 19 heteroatoms. The highest BCUT2D eigenvalue weighted by molar-refractivity contribution is 8.00. The van der Waals surface area contributed by atoms with E-state index >= 15 is 4.39 Å². The molecule has 8 amide bonds. The van der Waals surface area contributed by atoms with Crippen LogP contribution >= 0.6 is 11.8 Å². The van der Waals surface area contributed by atoms with Gasteiger partial charge in [-0.15, -0.1) is 0 Å². The zero-order valence-corrected chi connectivity index (χ0v) is 32.7. The number of hydrogen-bond donors (Lipinski definition) is 6. The van der Waals surface area contributed by atoms with Gasteiger partial charge >= 0.3 is 18.0 Å². The number of rotatable bonds is 17. The second kappa shape index (κ2) is 16.9. The number of unbranched alkanes of at least 4 members (excludes halogenated alkanes) is 2. The first-order chi connectivity index (χ1) is 27.9. The molecule has 7 rings (SSSR count). The predicted octanol–water partition coefficient (Wildman–Crippen LogP) is 2.55. The average molecular weight is 822 g/mol. The van der Waals surface area contributed by atoms with Gasteiger partial charge in [-0.05, 0) is 61.9 Å². The monoisotopic (exact) mass is 821 g/mol. The molecule has 2 unspecified atom stereocenters. The fourth-order valence-corrected chi connectivity index (χ4v) is 9.43. The molecule has 0 bridgehead atoms. The molecule has 4 aliphatic rings. The number of thioether (sulfide) groups is 1. The van der Waals surface area contributed by atoms with Crippen molar-refractivity contribution in [1.82, 2.24) is 36.8 Å². The Morgan fingerprint density at radius 3 is 2.62 bits per heavy atom. The minimum atomic E-state index is -1.84. The van der Waals surface area contributed by atoms with Crippen molar-refractivity contribution >= 4 is 64.4 Å². The van der Waals surface area contributed by atoms with Gasteiger partial charge in [-0.3, -0.25) is 24.5 Å². The van der Waals surface area contributed by atoms with Gasteiger partial charge in [0, 0.05) is 47.5 Å². The maximum absolute atomic E-state index is 15.3. The Bertz CT molecular complexity index is 2170. The molecule has 308 valence electrons. The maximum Gasteiger partial charge on any atom is 0.328 e. The number of halogens is 1. The van der Waals surface area contributed by atoms with Gasteiger partial charge in [0.1, 0.15) is 29.0 Å². The summed E-state index contributed by atoms with van der Waals surface area (Å²) < 4.78 is 31.4. The van der Waals surface area contributed by atoms with E-state index in [2.05, 4.69) is 31.9 Å². The Balaban J connectivity index is 0.911. The summed E-state index contributed by atoms with van der Waals surface area (Å²) in [5.74, 6) is -2.32. The lowest BCUT2D eigenvalue weighted by molar-refractivity contribution is -0.145. The van der Waals surface area contributed by atoms with Crippen LogP contribution in [-0.2, 0) is 31.2 Å². The third-order valence-corrected chi connectivity index (χ3v) is 12.5. The van der Waals surface area contributed by atoms with Crippen LogP contribution < -0.4 is 36.6 Å². The molecule has 58 heavy (non-hydrogen) atoms. The number of carbonyl (C=O) groups is 7. The van der Waals surface area contributed by atoms with Crippen LogP contribution in [0.3, 0.4) is 0 Å². The van der Waals surface area contributed by atoms with Crippen molar-refractivity contribution in [3.8, 4) is 5.75 Å². The Morgan fingerprint density at radius 1 is 1.03 bits per heavy atom. The number of imide groups is 1. The maximum atomic E-state index is 15.3. The Hall–Kier alpha value is -5.85. The number of nitrogens with one attached hydrogen (secondary N) is 6. The van der Waals surface area contributed by atoms with E-state index in [9.17, 15) is 33.6 Å². The largest absolute Gasteiger partial charge is 0.497 e. The number of nitrogens with zero attached hydrogens (tertiary/aromatic N) is 1. The molecule has 6 N–H and O–H groups in total. The second-order valence-electron chi connectivity index (χ2n) is 14.7. The molecular formula is C39H44FN7O10S. The normalized spacial score (nSPS) is 22.5. The first kappa shape index (κ1) is 40.4. The topological polar surface area (TPSA) is 227 Å². The van der Waals surface area contributed by atoms with Gasteiger partial charge in [-0.1, -0.05) is 12.5 Å². The molecule has 0 aliphatic carbocycles. The zero-order valence-electron chi connectivity index (χ0n) is 31.9. The highest BCUT2D eigenvalue weighted by atomic mass is 32.2. The Morgan fingerprint density at radius 2 is 1.86 bits per heavy atom. The summed E-state index contributed by atoms with van der Waals surface area (Å²) in [5.41, 5.74) is -1.02. The molecule has 5 atom stereocenters. The third kappa shape index (κ3) is 8.25. The number of furan rings is 1. The van der Waals surface area contributed by atoms with Gasteiger partial charge in [0.2, 0.25) is 5.91 Å². The van der Waals surface area contributed by atoms with Crippen molar-refractivity contribution in [3.63, 3.8) is 0 Å². The molecule has 3 fully saturated rings. The molecule has 0 radical (unpaired) electrons. The molecule has 4 aliphatic heterocycles. The number of urea groups is 2. The van der Waals surface area contributed by atoms with Crippen LogP contribution in [0.15, 0.2) is 40.8 Å². The summed E-state index contributed by atoms with van der Waals surface area (Å²) in [6, 6.07) is 7.20. The minimum Gasteiger partial charge on any atom is -0.497 e. The predicted molar refractivity (Wildman–Crippen MR) is 206 cm³/mol. The fourth-order valence-electron chi connectivity index (χ4n) is 7.88. The van der Waals surface area contributed by atoms with Crippen LogP contribution in [0.2, 0.25) is 0 Å². The quantitative estimate of drug-likeness (QED) is 0.0502. The van der Waals surface area contributed by atoms with E-state index in [1.54, 1.807) is 18.2 Å². The van der Waals surface area contributed by atoms with Crippen molar-refractivity contribution in [2.45, 2.75) is 80.4 Å². The molecule has 1 aromatic heterocycles. The average Bonchev–Trinajstić information content (AvgIpc) is 4.01. The van der Waals surface area contributed by atoms with Gasteiger partial charge in [-0.2, -0.15) is 11.8 Å². The van der Waals surface area contributed by atoms with Gasteiger partial charge in [0.15, 0.2) is 5.54 Å². The molecule has 5 heterocycles. The van der Waals surface area contributed by atoms with E-state index in [1.165, 1.54) is 31.3 Å². The molecule has 3 aromatic rings. The number of methoxy groups -OCH3 is 2. The molecule has 2 aromatic carbocycles. The summed E-state index contributed by atoms with van der Waals surface area (Å²) in [4.78, 5) is 90.4. The first-order valence-electron chi connectivity index (χ1n) is 19.1. The van der Waals surface area contributed by atoms with Gasteiger partial charge in [-0.25, -0.2) is 18.8 Å². The number of benzene rings is 2. The van der Waals surface area contributed by atoms with Crippen LogP contribution in [0.5, 0.6) is 5.75 Å². The minimum absolute atomic E-state index is 0.0108. The summed E-state index contributed by atoms with van der Waals surface area (Å²) in [6.45, 7) is 0.000879. The SMILES string of the molecule is COC(=O)[C@H](CCCCNC(=O)c1cc2cc([C@]3(CN4Cc5ccc(OC)cc5C4=O)NC(=O)NC3=O)oc2cc1F)NC(=O)CCCC[C@@H]1SCC2NC(=O)NC21. The number of hydrogen-bond acceptors (Lipinski definition) is 11. The van der Waals surface area contributed by atoms with Crippen LogP contribution in [0.25, 0.3) is 11.0 Å². The number of amides is 8. The van der Waals surface area contributed by atoms with Crippen LogP contribution in [0, 0.1) is 5.82 Å². The standard InChI is InChI=1S/C39H44FN7O10S/c1-55-22-11-10-20-17-47(34(50)23(20)15-22)19-39(36(52)45-38(54)46-39)30-14-21-13-24(25(40)16-28(21)57-30)33(49)41-12-6-5-7-26(35(51)56-2)42-31(48)9-4-3-8-29-32-27(18-58-29)43-37(53)44-32/h10-11,13-16,26-27,29,32H,3-9,12,17-19H2,1-2H3,(H,41,49)(H,42,48)(H2,43,44,53)(H2,45,46,52,54)/t26-,27?,29-,32?,39-/m0/s1. The van der Waals surface area contributed by atoms with Crippen molar-refractivity contribution < 1.29 is 51.8 Å². The molecular weight excluding hydrogens is 778 g/mol. The van der Waals surface area contributed by atoms with Crippen LogP contribution in [0.4, 0.5) is 14.0 Å². The summed E-state index contributed by atoms with van der Waals surface area (Å²) >= 11 is 1.81. The highest BCUT2D eigenvalue weighted by Crippen LogP contribution is 2.36. The fraction of sp³-hybridized carbons (Fsp3) is 0.462. The van der Waals surface area contributed by atoms with E-state index in [1.807, 2.05) is 11.8 Å². The van der Waals surface area contributed by atoms with Gasteiger partial charge < -0.3 is 45.4 Å². The smallest absolute Gasteiger partial charge is 0.328 e. The first-order valence-corrected chi connectivity index (χ1v) is 20.1. The second-order valence-corrected chi connectivity index (χ2v) is 16.0. The number of fused-ring (bicyclic) bond motifs is 3. The number of esters is 1. The molecule has 0 spiro atoms. The summed E-state index contributed by atoms with van der Waals surface area (Å²) in [6.07, 6.45) is 3.62. The lowest BCUT2D eigenvalue weighted by atomic mass is 9.95. The lowest BCUT2D eigenvalue weighted by Gasteiger charge is -2.29. The number of carbonyl (C=O) groups excluding carboxylic acids is 7. The van der Waals surface area contributed by atoms with E-state index in [0.29, 0.717) is 41.4 Å². The van der Waals surface area contributed by atoms with E-state index in [4.69, 9.17) is 13.9 Å². The Kier molecular flexibility index (Phi) is 11.8. The van der Waals surface area contributed by atoms with Crippen LogP contribution in [0.1, 0.15) is 77.0 Å².